The van der Waals surface area contributed by atoms with Crippen molar-refractivity contribution in [3.05, 3.63) is 35.9 Å². The fraction of sp³-hybridized carbons (Fsp3) is 0.375. The second-order valence-corrected chi connectivity index (χ2v) is 4.42. The molecule has 1 aromatic carbocycles. The summed E-state index contributed by atoms with van der Waals surface area (Å²) in [5.41, 5.74) is 0.876. The molecule has 0 aliphatic rings. The maximum Gasteiger partial charge on any atom is 0.307 e. The Bertz CT molecular complexity index is 511. The van der Waals surface area contributed by atoms with E-state index in [4.69, 9.17) is 9.47 Å². The summed E-state index contributed by atoms with van der Waals surface area (Å²) in [6.45, 7) is 2.44. The Balaban J connectivity index is 2.51. The number of amides is 1. The van der Waals surface area contributed by atoms with Crippen LogP contribution in [0.1, 0.15) is 18.9 Å². The minimum atomic E-state index is -0.297. The minimum Gasteiger partial charge on any atom is -0.497 e. The zero-order valence-electron chi connectivity index (χ0n) is 12.7. The van der Waals surface area contributed by atoms with Gasteiger partial charge >= 0.3 is 5.97 Å². The van der Waals surface area contributed by atoms with E-state index in [0.29, 0.717) is 13.2 Å². The molecule has 0 unspecified atom stereocenters. The summed E-state index contributed by atoms with van der Waals surface area (Å²) < 4.78 is 9.93. The maximum atomic E-state index is 11.9. The Kier molecular flexibility index (Phi) is 7.01. The van der Waals surface area contributed by atoms with E-state index in [0.717, 1.165) is 11.3 Å². The number of methoxy groups -OCH3 is 1. The van der Waals surface area contributed by atoms with Crippen molar-refractivity contribution in [2.24, 2.45) is 0 Å². The van der Waals surface area contributed by atoms with Crippen molar-refractivity contribution in [1.29, 1.82) is 0 Å². The van der Waals surface area contributed by atoms with E-state index in [9.17, 15) is 9.59 Å². The predicted octanol–water partition coefficient (Wildman–Crippen LogP) is 2.12. The first-order valence-electron chi connectivity index (χ1n) is 6.79. The predicted molar refractivity (Wildman–Crippen MR) is 80.9 cm³/mol. The molecule has 1 rings (SSSR count). The number of carbonyl (C=O) groups excluding carboxylic acids is 2. The van der Waals surface area contributed by atoms with Gasteiger partial charge in [0.2, 0.25) is 5.91 Å². The minimum absolute atomic E-state index is 0.165. The lowest BCUT2D eigenvalue weighted by molar-refractivity contribution is -0.143. The highest BCUT2D eigenvalue weighted by Crippen LogP contribution is 2.13. The van der Waals surface area contributed by atoms with Gasteiger partial charge < -0.3 is 14.4 Å². The molecule has 0 saturated heterocycles. The van der Waals surface area contributed by atoms with Crippen LogP contribution in [0.25, 0.3) is 6.08 Å². The van der Waals surface area contributed by atoms with Crippen LogP contribution in [0.15, 0.2) is 30.3 Å². The summed E-state index contributed by atoms with van der Waals surface area (Å²) in [5.74, 6) is 0.274. The number of carbonyl (C=O) groups is 2. The number of hydrogen-bond acceptors (Lipinski definition) is 4. The Hall–Kier alpha value is -2.30. The van der Waals surface area contributed by atoms with Gasteiger partial charge in [-0.25, -0.2) is 0 Å². The van der Waals surface area contributed by atoms with Gasteiger partial charge in [0, 0.05) is 19.7 Å². The van der Waals surface area contributed by atoms with E-state index in [2.05, 4.69) is 0 Å². The standard InChI is InChI=1S/C16H21NO4/c1-4-21-16(19)10-11-17(2)15(18)9-8-13-6-5-7-14(12-13)20-3/h5-9,12H,4,10-11H2,1-3H3/b9-8+. The fourth-order valence-electron chi connectivity index (χ4n) is 1.64. The van der Waals surface area contributed by atoms with Gasteiger partial charge in [0.15, 0.2) is 0 Å². The van der Waals surface area contributed by atoms with Crippen molar-refractivity contribution < 1.29 is 19.1 Å². The lowest BCUT2D eigenvalue weighted by atomic mass is 10.2. The molecule has 0 fully saturated rings. The monoisotopic (exact) mass is 291 g/mol. The quantitative estimate of drug-likeness (QED) is 0.570. The summed E-state index contributed by atoms with van der Waals surface area (Å²) in [4.78, 5) is 24.6. The van der Waals surface area contributed by atoms with Crippen LogP contribution in [0.2, 0.25) is 0 Å². The molecule has 0 aromatic heterocycles. The van der Waals surface area contributed by atoms with Crippen LogP contribution in [0.4, 0.5) is 0 Å². The number of rotatable bonds is 7. The van der Waals surface area contributed by atoms with Gasteiger partial charge in [-0.15, -0.1) is 0 Å². The molecular weight excluding hydrogens is 270 g/mol. The summed E-state index contributed by atoms with van der Waals surface area (Å²) in [6, 6.07) is 7.41. The van der Waals surface area contributed by atoms with Gasteiger partial charge in [-0.1, -0.05) is 12.1 Å². The molecule has 5 nitrogen and oxygen atoms in total. The Morgan fingerprint density at radius 1 is 1.33 bits per heavy atom. The first-order chi connectivity index (χ1) is 10.1. The first-order valence-corrected chi connectivity index (χ1v) is 6.79. The van der Waals surface area contributed by atoms with Gasteiger partial charge in [-0.2, -0.15) is 0 Å². The van der Waals surface area contributed by atoms with Crippen LogP contribution in [-0.4, -0.2) is 44.1 Å². The number of hydrogen-bond donors (Lipinski definition) is 0. The highest BCUT2D eigenvalue weighted by molar-refractivity contribution is 5.91. The summed E-state index contributed by atoms with van der Waals surface area (Å²) in [5, 5.41) is 0. The van der Waals surface area contributed by atoms with Gasteiger partial charge in [0.25, 0.3) is 0 Å². The highest BCUT2D eigenvalue weighted by atomic mass is 16.5. The Morgan fingerprint density at radius 2 is 2.10 bits per heavy atom. The van der Waals surface area contributed by atoms with E-state index in [1.54, 1.807) is 27.2 Å². The lowest BCUT2D eigenvalue weighted by Gasteiger charge is -2.14. The average Bonchev–Trinajstić information content (AvgIpc) is 2.50. The topological polar surface area (TPSA) is 55.8 Å². The molecule has 0 bridgehead atoms. The Morgan fingerprint density at radius 3 is 2.76 bits per heavy atom. The van der Waals surface area contributed by atoms with Crippen molar-refractivity contribution in [1.82, 2.24) is 4.90 Å². The fourth-order valence-corrected chi connectivity index (χ4v) is 1.64. The molecule has 0 spiro atoms. The number of likely N-dealkylation sites (N-methyl/N-ethyl adjacent to an activating group) is 1. The average molecular weight is 291 g/mol. The van der Waals surface area contributed by atoms with Crippen molar-refractivity contribution in [3.63, 3.8) is 0 Å². The molecule has 0 atom stereocenters. The molecule has 1 amide bonds. The summed E-state index contributed by atoms with van der Waals surface area (Å²) in [7, 11) is 3.24. The normalized spacial score (nSPS) is 10.4. The Labute approximate surface area is 125 Å². The number of esters is 1. The van der Waals surface area contributed by atoms with Gasteiger partial charge in [-0.05, 0) is 30.7 Å². The van der Waals surface area contributed by atoms with Crippen molar-refractivity contribution in [2.75, 3.05) is 27.3 Å². The molecule has 0 radical (unpaired) electrons. The third-order valence-corrected chi connectivity index (χ3v) is 2.85. The lowest BCUT2D eigenvalue weighted by Crippen LogP contribution is -2.27. The zero-order chi connectivity index (χ0) is 15.7. The smallest absolute Gasteiger partial charge is 0.307 e. The molecule has 21 heavy (non-hydrogen) atoms. The van der Waals surface area contributed by atoms with Crippen LogP contribution in [0.5, 0.6) is 5.75 Å². The highest BCUT2D eigenvalue weighted by Gasteiger charge is 2.08. The van der Waals surface area contributed by atoms with Crippen molar-refractivity contribution in [2.45, 2.75) is 13.3 Å². The maximum absolute atomic E-state index is 11.9. The molecule has 0 N–H and O–H groups in total. The summed E-state index contributed by atoms with van der Waals surface area (Å²) in [6.07, 6.45) is 3.38. The summed E-state index contributed by atoms with van der Waals surface area (Å²) >= 11 is 0. The molecule has 1 aromatic rings. The van der Waals surface area contributed by atoms with E-state index in [1.165, 1.54) is 11.0 Å². The van der Waals surface area contributed by atoms with Crippen molar-refractivity contribution >= 4 is 18.0 Å². The van der Waals surface area contributed by atoms with Crippen LogP contribution in [0.3, 0.4) is 0 Å². The molecule has 0 saturated carbocycles. The second kappa shape index (κ2) is 8.79. The van der Waals surface area contributed by atoms with Crippen LogP contribution in [-0.2, 0) is 14.3 Å². The third-order valence-electron chi connectivity index (χ3n) is 2.85. The third kappa shape index (κ3) is 6.12. The van der Waals surface area contributed by atoms with Crippen LogP contribution >= 0.6 is 0 Å². The molecule has 0 aliphatic heterocycles. The second-order valence-electron chi connectivity index (χ2n) is 4.42. The number of benzene rings is 1. The number of ether oxygens (including phenoxy) is 2. The molecular formula is C16H21NO4. The number of nitrogens with zero attached hydrogens (tertiary/aromatic N) is 1. The molecule has 0 aliphatic carbocycles. The molecule has 114 valence electrons. The van der Waals surface area contributed by atoms with E-state index >= 15 is 0 Å². The van der Waals surface area contributed by atoms with Crippen LogP contribution in [0, 0.1) is 0 Å². The van der Waals surface area contributed by atoms with Crippen LogP contribution < -0.4 is 4.74 Å². The van der Waals surface area contributed by atoms with E-state index < -0.39 is 0 Å². The zero-order valence-corrected chi connectivity index (χ0v) is 12.7. The largest absolute Gasteiger partial charge is 0.497 e. The van der Waals surface area contributed by atoms with E-state index in [-0.39, 0.29) is 18.3 Å². The first kappa shape index (κ1) is 16.8. The van der Waals surface area contributed by atoms with Crippen molar-refractivity contribution in [3.8, 4) is 5.75 Å². The van der Waals surface area contributed by atoms with Gasteiger partial charge in [-0.3, -0.25) is 9.59 Å². The van der Waals surface area contributed by atoms with E-state index in [1.807, 2.05) is 24.3 Å². The molecule has 0 heterocycles. The van der Waals surface area contributed by atoms with Gasteiger partial charge in [0.05, 0.1) is 20.1 Å². The van der Waals surface area contributed by atoms with Gasteiger partial charge in [0.1, 0.15) is 5.75 Å². The SMILES string of the molecule is CCOC(=O)CCN(C)C(=O)/C=C/c1cccc(OC)c1. The molecule has 5 heteroatoms.